The maximum absolute atomic E-state index is 13.2. The van der Waals surface area contributed by atoms with Gasteiger partial charge in [-0.1, -0.05) is 30.4 Å². The minimum absolute atomic E-state index is 0. The number of amides is 2. The Bertz CT molecular complexity index is 1490. The van der Waals surface area contributed by atoms with Gasteiger partial charge in [-0.05, 0) is 47.5 Å². The summed E-state index contributed by atoms with van der Waals surface area (Å²) in [6, 6.07) is 13.5. The second kappa shape index (κ2) is 13.2. The summed E-state index contributed by atoms with van der Waals surface area (Å²) in [6.45, 7) is 2.63. The third kappa shape index (κ3) is 7.17. The lowest BCUT2D eigenvalue weighted by Gasteiger charge is -2.27. The van der Waals surface area contributed by atoms with Crippen LogP contribution in [0.15, 0.2) is 79.0 Å². The highest BCUT2D eigenvalue weighted by atomic mass is 35.5. The maximum Gasteiger partial charge on any atom is 0.416 e. The number of anilines is 3. The standard InChI is InChI=1S/C30H27F3N4O4.ClH/c31-30(32,33)21-10-7-19(8-11-21)22(20-9-12-27(34-18-20)37-13-15-41-16-14-37)3-1-6-28(39)35-24-4-2-5-25-23(24)17-26(38)29(40)36-25;/h1-12,18,26,38H,13-17H2,(H,35,39)(H,36,40);1H/b6-1+,22-3-;. The van der Waals surface area contributed by atoms with Gasteiger partial charge in [0.2, 0.25) is 5.91 Å². The first-order chi connectivity index (χ1) is 19.7. The van der Waals surface area contributed by atoms with Gasteiger partial charge in [-0.2, -0.15) is 13.2 Å². The van der Waals surface area contributed by atoms with E-state index in [9.17, 15) is 27.9 Å². The molecule has 0 saturated carbocycles. The van der Waals surface area contributed by atoms with Crippen molar-refractivity contribution in [3.8, 4) is 0 Å². The molecule has 5 rings (SSSR count). The molecule has 12 heteroatoms. The number of allylic oxidation sites excluding steroid dienone is 2. The zero-order chi connectivity index (χ0) is 29.0. The molecule has 3 aromatic rings. The number of benzene rings is 2. The van der Waals surface area contributed by atoms with Crippen molar-refractivity contribution in [1.29, 1.82) is 0 Å². The normalized spacial score (nSPS) is 17.3. The van der Waals surface area contributed by atoms with Gasteiger partial charge < -0.3 is 25.4 Å². The van der Waals surface area contributed by atoms with Crippen molar-refractivity contribution in [1.82, 2.24) is 4.98 Å². The van der Waals surface area contributed by atoms with Crippen LogP contribution in [0.1, 0.15) is 22.3 Å². The molecule has 1 unspecified atom stereocenters. The van der Waals surface area contributed by atoms with Gasteiger partial charge in [-0.25, -0.2) is 4.98 Å². The van der Waals surface area contributed by atoms with Gasteiger partial charge >= 0.3 is 6.18 Å². The summed E-state index contributed by atoms with van der Waals surface area (Å²) in [7, 11) is 0. The Morgan fingerprint density at radius 1 is 1.07 bits per heavy atom. The molecule has 1 fully saturated rings. The number of pyridine rings is 1. The van der Waals surface area contributed by atoms with E-state index in [1.807, 2.05) is 12.1 Å². The summed E-state index contributed by atoms with van der Waals surface area (Å²) in [6.07, 6.45) is 0.467. The Balaban J connectivity index is 0.00000405. The second-order valence-electron chi connectivity index (χ2n) is 9.55. The minimum atomic E-state index is -4.46. The van der Waals surface area contributed by atoms with Crippen molar-refractivity contribution in [3.05, 3.63) is 101 Å². The van der Waals surface area contributed by atoms with Gasteiger partial charge in [0.25, 0.3) is 5.91 Å². The molecule has 0 aliphatic carbocycles. The van der Waals surface area contributed by atoms with Crippen LogP contribution in [0.3, 0.4) is 0 Å². The van der Waals surface area contributed by atoms with Gasteiger partial charge in [0.15, 0.2) is 0 Å². The summed E-state index contributed by atoms with van der Waals surface area (Å²) in [5.41, 5.74) is 2.56. The number of nitrogens with zero attached hydrogens (tertiary/aromatic N) is 2. The smallest absolute Gasteiger partial charge is 0.383 e. The number of fused-ring (bicyclic) bond motifs is 1. The lowest BCUT2D eigenvalue weighted by atomic mass is 9.97. The average Bonchev–Trinajstić information content (AvgIpc) is 2.97. The third-order valence-electron chi connectivity index (χ3n) is 6.82. The van der Waals surface area contributed by atoms with E-state index in [-0.39, 0.29) is 18.8 Å². The van der Waals surface area contributed by atoms with Crippen molar-refractivity contribution in [2.75, 3.05) is 41.8 Å². The van der Waals surface area contributed by atoms with Crippen molar-refractivity contribution in [2.24, 2.45) is 0 Å². The number of halogens is 4. The van der Waals surface area contributed by atoms with Crippen LogP contribution in [0.25, 0.3) is 5.57 Å². The summed E-state index contributed by atoms with van der Waals surface area (Å²) in [5.74, 6) is -0.200. The largest absolute Gasteiger partial charge is 0.416 e. The quantitative estimate of drug-likeness (QED) is 0.276. The monoisotopic (exact) mass is 600 g/mol. The lowest BCUT2D eigenvalue weighted by Crippen LogP contribution is -2.36. The van der Waals surface area contributed by atoms with Gasteiger partial charge in [0, 0.05) is 54.3 Å². The zero-order valence-corrected chi connectivity index (χ0v) is 23.0. The van der Waals surface area contributed by atoms with Crippen LogP contribution in [0, 0.1) is 0 Å². The molecule has 220 valence electrons. The summed E-state index contributed by atoms with van der Waals surface area (Å²) >= 11 is 0. The number of rotatable bonds is 6. The molecule has 2 aromatic carbocycles. The summed E-state index contributed by atoms with van der Waals surface area (Å²) < 4.78 is 44.8. The topological polar surface area (TPSA) is 104 Å². The maximum atomic E-state index is 13.2. The van der Waals surface area contributed by atoms with E-state index in [2.05, 4.69) is 20.5 Å². The highest BCUT2D eigenvalue weighted by molar-refractivity contribution is 6.03. The molecular weight excluding hydrogens is 573 g/mol. The first-order valence-electron chi connectivity index (χ1n) is 13.0. The van der Waals surface area contributed by atoms with Crippen molar-refractivity contribution < 1.29 is 32.6 Å². The Morgan fingerprint density at radius 3 is 2.45 bits per heavy atom. The fourth-order valence-electron chi connectivity index (χ4n) is 4.67. The molecule has 2 aliphatic rings. The van der Waals surface area contributed by atoms with E-state index in [0.29, 0.717) is 59.9 Å². The Morgan fingerprint density at radius 2 is 1.79 bits per heavy atom. The van der Waals surface area contributed by atoms with Crippen molar-refractivity contribution in [2.45, 2.75) is 18.7 Å². The Hall–Kier alpha value is -4.19. The molecule has 0 radical (unpaired) electrons. The Kier molecular flexibility index (Phi) is 9.66. The van der Waals surface area contributed by atoms with Crippen LogP contribution >= 0.6 is 12.4 Å². The third-order valence-corrected chi connectivity index (χ3v) is 6.82. The molecule has 42 heavy (non-hydrogen) atoms. The highest BCUT2D eigenvalue weighted by Gasteiger charge is 2.30. The fourth-order valence-corrected chi connectivity index (χ4v) is 4.67. The first kappa shape index (κ1) is 30.8. The molecular formula is C30H28ClF3N4O4. The van der Waals surface area contributed by atoms with Gasteiger partial charge in [-0.3, -0.25) is 9.59 Å². The summed E-state index contributed by atoms with van der Waals surface area (Å²) in [5, 5.41) is 15.3. The molecule has 0 bridgehead atoms. The number of aliphatic hydroxyl groups excluding tert-OH is 1. The number of morpholine rings is 1. The number of alkyl halides is 3. The number of nitrogens with one attached hydrogen (secondary N) is 2. The number of ether oxygens (including phenoxy) is 1. The van der Waals surface area contributed by atoms with Crippen LogP contribution in [-0.4, -0.2) is 54.3 Å². The molecule has 1 aromatic heterocycles. The van der Waals surface area contributed by atoms with Crippen LogP contribution in [-0.2, 0) is 26.9 Å². The minimum Gasteiger partial charge on any atom is -0.383 e. The summed E-state index contributed by atoms with van der Waals surface area (Å²) in [4.78, 5) is 31.1. The number of aromatic nitrogens is 1. The van der Waals surface area contributed by atoms with Crippen LogP contribution in [0.5, 0.6) is 0 Å². The fraction of sp³-hybridized carbons (Fsp3) is 0.233. The molecule has 8 nitrogen and oxygen atoms in total. The zero-order valence-electron chi connectivity index (χ0n) is 22.2. The van der Waals surface area contributed by atoms with Gasteiger partial charge in [-0.15, -0.1) is 12.4 Å². The molecule has 2 amide bonds. The predicted molar refractivity (Wildman–Crippen MR) is 156 cm³/mol. The van der Waals surface area contributed by atoms with Gasteiger partial charge in [0.05, 0.1) is 18.8 Å². The number of carbonyl (C=O) groups is 2. The molecule has 2 aliphatic heterocycles. The van der Waals surface area contributed by atoms with Crippen LogP contribution < -0.4 is 15.5 Å². The van der Waals surface area contributed by atoms with E-state index < -0.39 is 29.7 Å². The van der Waals surface area contributed by atoms with Gasteiger partial charge in [0.1, 0.15) is 11.9 Å². The SMILES string of the molecule is Cl.O=C(/C=C/C=C(/c1ccc(C(F)(F)F)cc1)c1ccc(N2CCOCC2)nc1)Nc1cccc2c1CC(O)C(=O)N2. The molecule has 1 saturated heterocycles. The van der Waals surface area contributed by atoms with E-state index in [0.717, 1.165) is 18.0 Å². The lowest BCUT2D eigenvalue weighted by molar-refractivity contribution is -0.137. The molecule has 0 spiro atoms. The molecule has 3 N–H and O–H groups in total. The highest BCUT2D eigenvalue weighted by Crippen LogP contribution is 2.32. The number of hydrogen-bond acceptors (Lipinski definition) is 6. The first-order valence-corrected chi connectivity index (χ1v) is 13.0. The van der Waals surface area contributed by atoms with Crippen LogP contribution in [0.4, 0.5) is 30.4 Å². The van der Waals surface area contributed by atoms with Crippen LogP contribution in [0.2, 0.25) is 0 Å². The van der Waals surface area contributed by atoms with E-state index in [1.54, 1.807) is 30.5 Å². The molecule has 3 heterocycles. The second-order valence-corrected chi connectivity index (χ2v) is 9.55. The van der Waals surface area contributed by atoms with Crippen molar-refractivity contribution in [3.63, 3.8) is 0 Å². The average molecular weight is 601 g/mol. The van der Waals surface area contributed by atoms with E-state index in [4.69, 9.17) is 4.74 Å². The molecule has 1 atom stereocenters. The van der Waals surface area contributed by atoms with E-state index in [1.165, 1.54) is 24.3 Å². The predicted octanol–water partition coefficient (Wildman–Crippen LogP) is 4.84. The number of aliphatic hydroxyl groups is 1. The number of hydrogen-bond donors (Lipinski definition) is 3. The van der Waals surface area contributed by atoms with Crippen molar-refractivity contribution >= 4 is 47.0 Å². The van der Waals surface area contributed by atoms with E-state index >= 15 is 0 Å². The number of carbonyl (C=O) groups excluding carboxylic acids is 2. The Labute approximate surface area is 246 Å².